The van der Waals surface area contributed by atoms with E-state index in [4.69, 9.17) is 19.7 Å². The number of benzene rings is 1. The van der Waals surface area contributed by atoms with Gasteiger partial charge in [0.2, 0.25) is 0 Å². The van der Waals surface area contributed by atoms with Crippen molar-refractivity contribution in [3.05, 3.63) is 23.8 Å². The maximum Gasteiger partial charge on any atom is 0.311 e. The van der Waals surface area contributed by atoms with Crippen molar-refractivity contribution in [2.24, 2.45) is 0 Å². The SMILES string of the molecule is O=C(O)C(CCO)c1ccc2c(c1)OCCO2. The lowest BCUT2D eigenvalue weighted by Crippen LogP contribution is -2.17. The molecule has 0 amide bonds. The summed E-state index contributed by atoms with van der Waals surface area (Å²) in [6.45, 7) is 0.810. The Balaban J connectivity index is 2.28. The molecule has 0 radical (unpaired) electrons. The fourth-order valence-corrected chi connectivity index (χ4v) is 1.84. The highest BCUT2D eigenvalue weighted by molar-refractivity contribution is 5.76. The molecule has 0 fully saturated rings. The number of aliphatic carboxylic acids is 1. The Morgan fingerprint density at radius 3 is 2.65 bits per heavy atom. The molecule has 1 aliphatic heterocycles. The Morgan fingerprint density at radius 1 is 1.29 bits per heavy atom. The van der Waals surface area contributed by atoms with Crippen LogP contribution in [0.1, 0.15) is 17.9 Å². The molecule has 1 heterocycles. The van der Waals surface area contributed by atoms with E-state index in [9.17, 15) is 4.79 Å². The molecule has 0 bridgehead atoms. The Kier molecular flexibility index (Phi) is 3.49. The number of aliphatic hydroxyl groups excluding tert-OH is 1. The van der Waals surface area contributed by atoms with Crippen LogP contribution in [0.3, 0.4) is 0 Å². The first kappa shape index (κ1) is 11.7. The number of carbonyl (C=O) groups is 1. The first-order valence-corrected chi connectivity index (χ1v) is 5.45. The minimum atomic E-state index is -0.948. The highest BCUT2D eigenvalue weighted by Gasteiger charge is 2.21. The van der Waals surface area contributed by atoms with Crippen LogP contribution >= 0.6 is 0 Å². The quantitative estimate of drug-likeness (QED) is 0.818. The fraction of sp³-hybridized carbons (Fsp3) is 0.417. The summed E-state index contributed by atoms with van der Waals surface area (Å²) in [5.41, 5.74) is 0.621. The van der Waals surface area contributed by atoms with Crippen molar-refractivity contribution in [1.29, 1.82) is 0 Å². The van der Waals surface area contributed by atoms with Crippen molar-refractivity contribution in [2.45, 2.75) is 12.3 Å². The van der Waals surface area contributed by atoms with Crippen LogP contribution < -0.4 is 9.47 Å². The fourth-order valence-electron chi connectivity index (χ4n) is 1.84. The molecule has 17 heavy (non-hydrogen) atoms. The van der Waals surface area contributed by atoms with Crippen LogP contribution in [0.4, 0.5) is 0 Å². The van der Waals surface area contributed by atoms with Crippen LogP contribution in [0.15, 0.2) is 18.2 Å². The van der Waals surface area contributed by atoms with Crippen LogP contribution in [0.5, 0.6) is 11.5 Å². The van der Waals surface area contributed by atoms with Crippen molar-refractivity contribution in [3.63, 3.8) is 0 Å². The standard InChI is InChI=1S/C12H14O5/c13-4-3-9(12(14)15)8-1-2-10-11(7-8)17-6-5-16-10/h1-2,7,9,13H,3-6H2,(H,14,15). The molecule has 0 aliphatic carbocycles. The zero-order valence-corrected chi connectivity index (χ0v) is 9.26. The maximum absolute atomic E-state index is 11.1. The number of carboxylic acid groups (broad SMARTS) is 1. The van der Waals surface area contributed by atoms with Crippen molar-refractivity contribution in [2.75, 3.05) is 19.8 Å². The van der Waals surface area contributed by atoms with Crippen LogP contribution in [-0.2, 0) is 4.79 Å². The molecular weight excluding hydrogens is 224 g/mol. The van der Waals surface area contributed by atoms with E-state index in [1.807, 2.05) is 0 Å². The van der Waals surface area contributed by atoms with Gasteiger partial charge < -0.3 is 19.7 Å². The van der Waals surface area contributed by atoms with E-state index in [1.54, 1.807) is 18.2 Å². The summed E-state index contributed by atoms with van der Waals surface area (Å²) in [4.78, 5) is 11.1. The normalized spacial score (nSPS) is 15.4. The number of hydrogen-bond donors (Lipinski definition) is 2. The minimum absolute atomic E-state index is 0.161. The van der Waals surface area contributed by atoms with Gasteiger partial charge in [-0.3, -0.25) is 4.79 Å². The number of aliphatic hydroxyl groups is 1. The van der Waals surface area contributed by atoms with Gasteiger partial charge in [0, 0.05) is 6.61 Å². The molecule has 2 N–H and O–H groups in total. The highest BCUT2D eigenvalue weighted by Crippen LogP contribution is 2.33. The molecule has 2 rings (SSSR count). The van der Waals surface area contributed by atoms with Gasteiger partial charge in [-0.1, -0.05) is 6.07 Å². The zero-order chi connectivity index (χ0) is 12.3. The van der Waals surface area contributed by atoms with E-state index in [0.717, 1.165) is 0 Å². The third-order valence-electron chi connectivity index (χ3n) is 2.68. The highest BCUT2D eigenvalue weighted by atomic mass is 16.6. The maximum atomic E-state index is 11.1. The van der Waals surface area contributed by atoms with Crippen molar-refractivity contribution >= 4 is 5.97 Å². The number of rotatable bonds is 4. The van der Waals surface area contributed by atoms with Crippen molar-refractivity contribution in [1.82, 2.24) is 0 Å². The van der Waals surface area contributed by atoms with Gasteiger partial charge in [-0.2, -0.15) is 0 Å². The van der Waals surface area contributed by atoms with Gasteiger partial charge in [0.25, 0.3) is 0 Å². The number of hydrogen-bond acceptors (Lipinski definition) is 4. The zero-order valence-electron chi connectivity index (χ0n) is 9.26. The van der Waals surface area contributed by atoms with Crippen LogP contribution in [0, 0.1) is 0 Å². The van der Waals surface area contributed by atoms with Crippen molar-refractivity contribution in [3.8, 4) is 11.5 Å². The van der Waals surface area contributed by atoms with Gasteiger partial charge in [0.15, 0.2) is 11.5 Å². The van der Waals surface area contributed by atoms with Crippen LogP contribution in [-0.4, -0.2) is 36.0 Å². The van der Waals surface area contributed by atoms with Gasteiger partial charge in [-0.25, -0.2) is 0 Å². The Morgan fingerprint density at radius 2 is 2.00 bits per heavy atom. The summed E-state index contributed by atoms with van der Waals surface area (Å²) in [5, 5.41) is 17.9. The van der Waals surface area contributed by atoms with Crippen molar-refractivity contribution < 1.29 is 24.5 Å². The molecule has 92 valence electrons. The molecule has 1 atom stereocenters. The Bertz CT molecular complexity index is 415. The van der Waals surface area contributed by atoms with Gasteiger partial charge in [0.1, 0.15) is 13.2 Å². The Hall–Kier alpha value is -1.75. The molecule has 1 aromatic carbocycles. The summed E-state index contributed by atoms with van der Waals surface area (Å²) < 4.78 is 10.7. The van der Waals surface area contributed by atoms with E-state index in [-0.39, 0.29) is 13.0 Å². The van der Waals surface area contributed by atoms with Crippen LogP contribution in [0.25, 0.3) is 0 Å². The largest absolute Gasteiger partial charge is 0.486 e. The second-order valence-electron chi connectivity index (χ2n) is 3.81. The lowest BCUT2D eigenvalue weighted by molar-refractivity contribution is -0.139. The molecule has 0 spiro atoms. The summed E-state index contributed by atoms with van der Waals surface area (Å²) >= 11 is 0. The van der Waals surface area contributed by atoms with E-state index >= 15 is 0 Å². The predicted molar refractivity (Wildman–Crippen MR) is 59.5 cm³/mol. The van der Waals surface area contributed by atoms with E-state index in [2.05, 4.69) is 0 Å². The van der Waals surface area contributed by atoms with E-state index in [0.29, 0.717) is 30.3 Å². The molecule has 5 nitrogen and oxygen atoms in total. The first-order chi connectivity index (χ1) is 8.22. The summed E-state index contributed by atoms with van der Waals surface area (Å²) in [6.07, 6.45) is 0.189. The third kappa shape index (κ3) is 2.50. The Labute approximate surface area is 98.6 Å². The monoisotopic (exact) mass is 238 g/mol. The number of ether oxygens (including phenoxy) is 2. The van der Waals surface area contributed by atoms with Gasteiger partial charge in [-0.15, -0.1) is 0 Å². The summed E-state index contributed by atoms with van der Waals surface area (Å²) in [5.74, 6) is -0.461. The molecule has 0 aromatic heterocycles. The van der Waals surface area contributed by atoms with Gasteiger partial charge in [-0.05, 0) is 24.1 Å². The second kappa shape index (κ2) is 5.05. The third-order valence-corrected chi connectivity index (χ3v) is 2.68. The molecular formula is C12H14O5. The van der Waals surface area contributed by atoms with E-state index < -0.39 is 11.9 Å². The molecule has 1 aliphatic rings. The number of fused-ring (bicyclic) bond motifs is 1. The average molecular weight is 238 g/mol. The molecule has 0 saturated carbocycles. The molecule has 1 unspecified atom stereocenters. The molecule has 5 heteroatoms. The van der Waals surface area contributed by atoms with E-state index in [1.165, 1.54) is 0 Å². The second-order valence-corrected chi connectivity index (χ2v) is 3.81. The average Bonchev–Trinajstić information content (AvgIpc) is 2.35. The lowest BCUT2D eigenvalue weighted by Gasteiger charge is -2.20. The van der Waals surface area contributed by atoms with Gasteiger partial charge in [0.05, 0.1) is 5.92 Å². The summed E-state index contributed by atoms with van der Waals surface area (Å²) in [6, 6.07) is 5.07. The number of carboxylic acids is 1. The smallest absolute Gasteiger partial charge is 0.311 e. The minimum Gasteiger partial charge on any atom is -0.486 e. The predicted octanol–water partition coefficient (Wildman–Crippen LogP) is 1.01. The van der Waals surface area contributed by atoms with Crippen LogP contribution in [0.2, 0.25) is 0 Å². The van der Waals surface area contributed by atoms with Gasteiger partial charge >= 0.3 is 5.97 Å². The molecule has 1 aromatic rings. The summed E-state index contributed by atoms with van der Waals surface area (Å²) in [7, 11) is 0. The topological polar surface area (TPSA) is 76.0 Å². The molecule has 0 saturated heterocycles. The lowest BCUT2D eigenvalue weighted by atomic mass is 9.96. The first-order valence-electron chi connectivity index (χ1n) is 5.45.